The Labute approximate surface area is 202 Å². The van der Waals surface area contributed by atoms with Crippen LogP contribution in [0, 0.1) is 41.0 Å². The van der Waals surface area contributed by atoms with Gasteiger partial charge in [-0.2, -0.15) is 8.78 Å². The van der Waals surface area contributed by atoms with E-state index >= 15 is 0 Å². The molecule has 1 unspecified atom stereocenters. The van der Waals surface area contributed by atoms with Crippen molar-refractivity contribution in [3.05, 3.63) is 65.2 Å². The van der Waals surface area contributed by atoms with Crippen LogP contribution in [0.2, 0.25) is 0 Å². The lowest BCUT2D eigenvalue weighted by Crippen LogP contribution is -2.37. The number of allylic oxidation sites excluding steroid dienone is 2. The molecule has 0 spiro atoms. The number of benzene rings is 2. The van der Waals surface area contributed by atoms with Crippen molar-refractivity contribution in [3.8, 4) is 16.9 Å². The summed E-state index contributed by atoms with van der Waals surface area (Å²) in [5, 5.41) is 0. The first-order valence-corrected chi connectivity index (χ1v) is 12.4. The molecule has 0 heterocycles. The number of ether oxygens (including phenoxy) is 1. The summed E-state index contributed by atoms with van der Waals surface area (Å²) >= 11 is 0. The molecule has 2 aromatic carbocycles. The molecule has 2 aliphatic rings. The molecule has 190 valence electrons. The number of hydrogen-bond acceptors (Lipinski definition) is 1. The fraction of sp³-hybridized carbons (Fsp3) is 0.500. The molecule has 0 saturated heterocycles. The Hall–Kier alpha value is -2.44. The fourth-order valence-electron chi connectivity index (χ4n) is 5.50. The third kappa shape index (κ3) is 5.87. The van der Waals surface area contributed by atoms with Gasteiger partial charge in [0.05, 0.1) is 5.92 Å². The van der Waals surface area contributed by atoms with Crippen LogP contribution in [0.5, 0.6) is 5.75 Å². The highest BCUT2D eigenvalue weighted by atomic mass is 19.3. The maximum atomic E-state index is 14.9. The highest BCUT2D eigenvalue weighted by molar-refractivity contribution is 5.65. The van der Waals surface area contributed by atoms with Gasteiger partial charge in [-0.25, -0.2) is 17.6 Å². The highest BCUT2D eigenvalue weighted by Gasteiger charge is 2.44. The van der Waals surface area contributed by atoms with E-state index in [9.17, 15) is 26.3 Å². The number of alkyl halides is 2. The van der Waals surface area contributed by atoms with Crippen molar-refractivity contribution in [2.24, 2.45) is 17.8 Å². The molecule has 0 bridgehead atoms. The summed E-state index contributed by atoms with van der Waals surface area (Å²) in [5.41, 5.74) is 0.917. The molecule has 1 fully saturated rings. The van der Waals surface area contributed by atoms with E-state index in [1.807, 2.05) is 0 Å². The Morgan fingerprint density at radius 1 is 0.886 bits per heavy atom. The monoisotopic (exact) mass is 496 g/mol. The van der Waals surface area contributed by atoms with Gasteiger partial charge in [0.2, 0.25) is 0 Å². The van der Waals surface area contributed by atoms with Crippen molar-refractivity contribution < 1.29 is 31.1 Å². The van der Waals surface area contributed by atoms with Gasteiger partial charge < -0.3 is 4.74 Å². The maximum Gasteiger partial charge on any atom is 0.400 e. The van der Waals surface area contributed by atoms with Crippen LogP contribution in [0.25, 0.3) is 11.1 Å². The van der Waals surface area contributed by atoms with Gasteiger partial charge in [-0.1, -0.05) is 31.4 Å². The normalized spacial score (nSPS) is 23.2. The van der Waals surface area contributed by atoms with Crippen molar-refractivity contribution in [3.63, 3.8) is 0 Å². The van der Waals surface area contributed by atoms with Gasteiger partial charge in [0, 0.05) is 11.6 Å². The fourth-order valence-corrected chi connectivity index (χ4v) is 5.50. The van der Waals surface area contributed by atoms with Crippen LogP contribution in [-0.2, 0) is 0 Å². The molecule has 4 rings (SSSR count). The Kier molecular flexibility index (Phi) is 7.82. The molecule has 7 heteroatoms. The van der Waals surface area contributed by atoms with E-state index in [1.165, 1.54) is 24.8 Å². The largest absolute Gasteiger partial charge is 0.432 e. The van der Waals surface area contributed by atoms with E-state index in [0.717, 1.165) is 37.0 Å². The zero-order valence-corrected chi connectivity index (χ0v) is 19.7. The Morgan fingerprint density at radius 3 is 2.14 bits per heavy atom. The summed E-state index contributed by atoms with van der Waals surface area (Å²) in [7, 11) is 0. The van der Waals surface area contributed by atoms with Crippen molar-refractivity contribution >= 4 is 0 Å². The van der Waals surface area contributed by atoms with Crippen LogP contribution < -0.4 is 4.74 Å². The molecule has 2 aliphatic carbocycles. The van der Waals surface area contributed by atoms with Crippen LogP contribution in [0.15, 0.2) is 42.0 Å². The second-order valence-electron chi connectivity index (χ2n) is 9.82. The Balaban J connectivity index is 1.38. The summed E-state index contributed by atoms with van der Waals surface area (Å²) in [6.07, 6.45) is 6.60. The summed E-state index contributed by atoms with van der Waals surface area (Å²) in [5.74, 6) is -5.86. The van der Waals surface area contributed by atoms with E-state index < -0.39 is 35.3 Å². The molecular weight excluding hydrogens is 466 g/mol. The quantitative estimate of drug-likeness (QED) is 0.211. The van der Waals surface area contributed by atoms with Crippen molar-refractivity contribution in [1.29, 1.82) is 0 Å². The number of halogens is 6. The summed E-state index contributed by atoms with van der Waals surface area (Å²) in [6.45, 7) is 2.19. The van der Waals surface area contributed by atoms with Gasteiger partial charge in [0.25, 0.3) is 0 Å². The lowest BCUT2D eigenvalue weighted by molar-refractivity contribution is -0.223. The number of rotatable bonds is 7. The smallest absolute Gasteiger partial charge is 0.400 e. The molecule has 0 aromatic heterocycles. The van der Waals surface area contributed by atoms with Crippen LogP contribution in [0.3, 0.4) is 0 Å². The molecule has 0 aliphatic heterocycles. The topological polar surface area (TPSA) is 9.23 Å². The summed E-state index contributed by atoms with van der Waals surface area (Å²) in [4.78, 5) is 0. The molecule has 0 amide bonds. The van der Waals surface area contributed by atoms with Gasteiger partial charge in [-0.05, 0) is 86.6 Å². The Morgan fingerprint density at radius 2 is 1.57 bits per heavy atom. The zero-order chi connectivity index (χ0) is 25.2. The minimum absolute atomic E-state index is 0.242. The van der Waals surface area contributed by atoms with Crippen molar-refractivity contribution in [1.82, 2.24) is 0 Å². The van der Waals surface area contributed by atoms with Crippen LogP contribution in [-0.4, -0.2) is 6.11 Å². The van der Waals surface area contributed by atoms with E-state index in [1.54, 1.807) is 0 Å². The SMILES string of the molecule is CCCC1CC=C(C2CCC(C(F)(F)Oc3ccc(-c4cc(F)c(F)c(F)c4)c(F)c3)CC2)CC1. The molecule has 0 radical (unpaired) electrons. The van der Waals surface area contributed by atoms with Crippen LogP contribution in [0.1, 0.15) is 64.7 Å². The second kappa shape index (κ2) is 10.7. The number of hydrogen-bond donors (Lipinski definition) is 0. The minimum Gasteiger partial charge on any atom is -0.432 e. The highest BCUT2D eigenvalue weighted by Crippen LogP contribution is 2.44. The lowest BCUT2D eigenvalue weighted by atomic mass is 9.74. The standard InChI is InChI=1S/C28H30F6O/c1-2-3-17-4-6-18(7-5-17)19-8-10-21(11-9-19)28(33,34)35-22-12-13-23(24(29)16-22)20-14-25(30)27(32)26(31)15-20/h6,12-17,19,21H,2-5,7-11H2,1H3. The molecule has 2 aromatic rings. The first-order chi connectivity index (χ1) is 16.7. The van der Waals surface area contributed by atoms with Crippen molar-refractivity contribution in [2.75, 3.05) is 0 Å². The average molecular weight is 497 g/mol. The van der Waals surface area contributed by atoms with Gasteiger partial charge in [0.15, 0.2) is 17.5 Å². The van der Waals surface area contributed by atoms with Crippen LogP contribution in [0.4, 0.5) is 26.3 Å². The third-order valence-electron chi connectivity index (χ3n) is 7.47. The molecule has 0 N–H and O–H groups in total. The minimum atomic E-state index is -3.47. The third-order valence-corrected chi connectivity index (χ3v) is 7.47. The molecule has 1 saturated carbocycles. The van der Waals surface area contributed by atoms with Crippen molar-refractivity contribution in [2.45, 2.75) is 70.8 Å². The predicted molar refractivity (Wildman–Crippen MR) is 123 cm³/mol. The van der Waals surface area contributed by atoms with Gasteiger partial charge in [-0.3, -0.25) is 0 Å². The molecular formula is C28H30F6O. The van der Waals surface area contributed by atoms with Gasteiger partial charge in [0.1, 0.15) is 11.6 Å². The first-order valence-electron chi connectivity index (χ1n) is 12.4. The van der Waals surface area contributed by atoms with E-state index in [0.29, 0.717) is 43.7 Å². The second-order valence-corrected chi connectivity index (χ2v) is 9.82. The molecule has 1 atom stereocenters. The zero-order valence-electron chi connectivity index (χ0n) is 19.7. The Bertz CT molecular complexity index is 1050. The van der Waals surface area contributed by atoms with E-state index in [2.05, 4.69) is 13.0 Å². The molecule has 1 nitrogen and oxygen atoms in total. The van der Waals surface area contributed by atoms with E-state index in [4.69, 9.17) is 4.74 Å². The molecule has 35 heavy (non-hydrogen) atoms. The van der Waals surface area contributed by atoms with Gasteiger partial charge >= 0.3 is 6.11 Å². The predicted octanol–water partition coefficient (Wildman–Crippen LogP) is 9.21. The summed E-state index contributed by atoms with van der Waals surface area (Å²) < 4.78 is 89.5. The average Bonchev–Trinajstić information content (AvgIpc) is 2.83. The van der Waals surface area contributed by atoms with Gasteiger partial charge in [-0.15, -0.1) is 0 Å². The van der Waals surface area contributed by atoms with E-state index in [-0.39, 0.29) is 16.9 Å². The first kappa shape index (κ1) is 25.6. The lowest BCUT2D eigenvalue weighted by Gasteiger charge is -2.35. The van der Waals surface area contributed by atoms with Crippen LogP contribution >= 0.6 is 0 Å². The summed E-state index contributed by atoms with van der Waals surface area (Å²) in [6, 6.07) is 4.27. The maximum absolute atomic E-state index is 14.9.